The zero-order chi connectivity index (χ0) is 19.2. The number of hydrogen-bond donors (Lipinski definition) is 2. The van der Waals surface area contributed by atoms with E-state index in [9.17, 15) is 9.59 Å². The van der Waals surface area contributed by atoms with Gasteiger partial charge in [-0.3, -0.25) is 14.6 Å². The third kappa shape index (κ3) is 4.62. The van der Waals surface area contributed by atoms with Crippen LogP contribution in [0.1, 0.15) is 20.7 Å². The van der Waals surface area contributed by atoms with E-state index in [4.69, 9.17) is 16.3 Å². The van der Waals surface area contributed by atoms with Crippen molar-refractivity contribution >= 4 is 34.8 Å². The summed E-state index contributed by atoms with van der Waals surface area (Å²) in [4.78, 5) is 29.1. The molecule has 1 aromatic heterocycles. The number of carbonyl (C=O) groups is 2. The molecule has 0 aliphatic carbocycles. The lowest BCUT2D eigenvalue weighted by Gasteiger charge is -2.12. The molecule has 0 spiro atoms. The van der Waals surface area contributed by atoms with Gasteiger partial charge in [-0.1, -0.05) is 11.6 Å². The molecule has 0 saturated heterocycles. The van der Waals surface area contributed by atoms with Crippen molar-refractivity contribution in [3.63, 3.8) is 0 Å². The van der Waals surface area contributed by atoms with Gasteiger partial charge in [0.05, 0.1) is 30.2 Å². The van der Waals surface area contributed by atoms with Gasteiger partial charge in [0.15, 0.2) is 0 Å². The minimum absolute atomic E-state index is 0.244. The van der Waals surface area contributed by atoms with Gasteiger partial charge < -0.3 is 15.4 Å². The van der Waals surface area contributed by atoms with Crippen molar-refractivity contribution in [1.29, 1.82) is 0 Å². The Morgan fingerprint density at radius 1 is 1.00 bits per heavy atom. The van der Waals surface area contributed by atoms with Gasteiger partial charge in [-0.25, -0.2) is 0 Å². The van der Waals surface area contributed by atoms with E-state index in [-0.39, 0.29) is 11.5 Å². The summed E-state index contributed by atoms with van der Waals surface area (Å²) in [6.45, 7) is 0. The molecule has 1 heterocycles. The van der Waals surface area contributed by atoms with Gasteiger partial charge in [0, 0.05) is 16.8 Å². The average molecular weight is 382 g/mol. The number of ether oxygens (including phenoxy) is 1. The van der Waals surface area contributed by atoms with E-state index in [1.165, 1.54) is 12.3 Å². The van der Waals surface area contributed by atoms with Crippen LogP contribution in [0, 0.1) is 0 Å². The van der Waals surface area contributed by atoms with Crippen LogP contribution in [0.3, 0.4) is 0 Å². The molecule has 2 N–H and O–H groups in total. The Balaban J connectivity index is 1.82. The first-order valence-electron chi connectivity index (χ1n) is 8.03. The number of methoxy groups -OCH3 is 1. The number of nitrogens with zero attached hydrogens (tertiary/aromatic N) is 1. The standard InChI is InChI=1S/C20H16ClN3O3/c1-27-16-7-4-13(5-8-16)19(25)24-18-9-6-14(21)11-17(18)20(26)23-15-3-2-10-22-12-15/h2-12H,1H3,(H,23,26)(H,24,25). The van der Waals surface area contributed by atoms with Gasteiger partial charge >= 0.3 is 0 Å². The van der Waals surface area contributed by atoms with Crippen LogP contribution in [-0.4, -0.2) is 23.9 Å². The van der Waals surface area contributed by atoms with Crippen molar-refractivity contribution in [1.82, 2.24) is 4.98 Å². The molecule has 0 unspecified atom stereocenters. The second-order valence-electron chi connectivity index (χ2n) is 5.57. The molecule has 27 heavy (non-hydrogen) atoms. The summed E-state index contributed by atoms with van der Waals surface area (Å²) in [7, 11) is 1.55. The Labute approximate surface area is 161 Å². The van der Waals surface area contributed by atoms with Crippen LogP contribution >= 0.6 is 11.6 Å². The van der Waals surface area contributed by atoms with E-state index in [1.54, 1.807) is 61.8 Å². The lowest BCUT2D eigenvalue weighted by atomic mass is 10.1. The molecule has 2 aromatic carbocycles. The van der Waals surface area contributed by atoms with Crippen LogP contribution in [0.15, 0.2) is 67.0 Å². The molecule has 136 valence electrons. The maximum atomic E-state index is 12.6. The summed E-state index contributed by atoms with van der Waals surface area (Å²) < 4.78 is 5.08. The summed E-state index contributed by atoms with van der Waals surface area (Å²) in [5.74, 6) is -0.111. The summed E-state index contributed by atoms with van der Waals surface area (Å²) in [5.41, 5.74) is 1.56. The predicted molar refractivity (Wildman–Crippen MR) is 105 cm³/mol. The molecular formula is C20H16ClN3O3. The zero-order valence-electron chi connectivity index (χ0n) is 14.4. The number of hydrogen-bond acceptors (Lipinski definition) is 4. The summed E-state index contributed by atoms with van der Waals surface area (Å²) >= 11 is 6.03. The minimum Gasteiger partial charge on any atom is -0.497 e. The van der Waals surface area contributed by atoms with E-state index < -0.39 is 5.91 Å². The summed E-state index contributed by atoms with van der Waals surface area (Å²) in [5, 5.41) is 5.85. The topological polar surface area (TPSA) is 80.3 Å². The molecule has 0 aliphatic rings. The predicted octanol–water partition coefficient (Wildman–Crippen LogP) is 4.25. The van der Waals surface area contributed by atoms with Crippen LogP contribution in [0.5, 0.6) is 5.75 Å². The monoisotopic (exact) mass is 381 g/mol. The van der Waals surface area contributed by atoms with Crippen LogP contribution in [-0.2, 0) is 0 Å². The number of rotatable bonds is 5. The van der Waals surface area contributed by atoms with Crippen LogP contribution < -0.4 is 15.4 Å². The number of amides is 2. The lowest BCUT2D eigenvalue weighted by Crippen LogP contribution is -2.18. The largest absolute Gasteiger partial charge is 0.497 e. The molecular weight excluding hydrogens is 366 g/mol. The van der Waals surface area contributed by atoms with Gasteiger partial charge in [-0.2, -0.15) is 0 Å². The van der Waals surface area contributed by atoms with Crippen LogP contribution in [0.4, 0.5) is 11.4 Å². The molecule has 0 aliphatic heterocycles. The summed E-state index contributed by atoms with van der Waals surface area (Å²) in [6.07, 6.45) is 3.13. The number of halogens is 1. The van der Waals surface area contributed by atoms with Crippen molar-refractivity contribution < 1.29 is 14.3 Å². The Morgan fingerprint density at radius 2 is 1.78 bits per heavy atom. The van der Waals surface area contributed by atoms with E-state index in [0.29, 0.717) is 27.7 Å². The maximum absolute atomic E-state index is 12.6. The van der Waals surface area contributed by atoms with Gasteiger partial charge in [0.1, 0.15) is 5.75 Å². The molecule has 0 atom stereocenters. The molecule has 0 saturated carbocycles. The first-order valence-corrected chi connectivity index (χ1v) is 8.41. The quantitative estimate of drug-likeness (QED) is 0.692. The first-order chi connectivity index (χ1) is 13.1. The first kappa shape index (κ1) is 18.4. The highest BCUT2D eigenvalue weighted by Gasteiger charge is 2.15. The van der Waals surface area contributed by atoms with E-state index >= 15 is 0 Å². The van der Waals surface area contributed by atoms with Crippen LogP contribution in [0.2, 0.25) is 5.02 Å². The average Bonchev–Trinajstić information content (AvgIpc) is 2.70. The number of nitrogens with one attached hydrogen (secondary N) is 2. The van der Waals surface area contributed by atoms with Gasteiger partial charge in [0.2, 0.25) is 0 Å². The third-order valence-corrected chi connectivity index (χ3v) is 3.98. The molecule has 7 heteroatoms. The van der Waals surface area contributed by atoms with Gasteiger partial charge in [-0.05, 0) is 54.6 Å². The summed E-state index contributed by atoms with van der Waals surface area (Å²) in [6, 6.07) is 14.8. The van der Waals surface area contributed by atoms with Crippen LogP contribution in [0.25, 0.3) is 0 Å². The van der Waals surface area contributed by atoms with E-state index in [2.05, 4.69) is 15.6 Å². The Bertz CT molecular complexity index is 960. The number of benzene rings is 2. The zero-order valence-corrected chi connectivity index (χ0v) is 15.2. The minimum atomic E-state index is -0.407. The highest BCUT2D eigenvalue weighted by atomic mass is 35.5. The Morgan fingerprint density at radius 3 is 2.44 bits per heavy atom. The molecule has 3 aromatic rings. The van der Waals surface area contributed by atoms with E-state index in [1.807, 2.05) is 0 Å². The second kappa shape index (κ2) is 8.33. The molecule has 0 fully saturated rings. The fourth-order valence-electron chi connectivity index (χ4n) is 2.39. The fourth-order valence-corrected chi connectivity index (χ4v) is 2.56. The molecule has 0 radical (unpaired) electrons. The van der Waals surface area contributed by atoms with Crippen molar-refractivity contribution in [2.75, 3.05) is 17.7 Å². The fraction of sp³-hybridized carbons (Fsp3) is 0.0500. The molecule has 3 rings (SSSR count). The van der Waals surface area contributed by atoms with Crippen molar-refractivity contribution in [3.8, 4) is 5.75 Å². The second-order valence-corrected chi connectivity index (χ2v) is 6.00. The Hall–Kier alpha value is -3.38. The maximum Gasteiger partial charge on any atom is 0.257 e. The van der Waals surface area contributed by atoms with Crippen molar-refractivity contribution in [3.05, 3.63) is 83.1 Å². The number of aromatic nitrogens is 1. The van der Waals surface area contributed by atoms with Gasteiger partial charge in [0.25, 0.3) is 11.8 Å². The smallest absolute Gasteiger partial charge is 0.257 e. The SMILES string of the molecule is COc1ccc(C(=O)Nc2ccc(Cl)cc2C(=O)Nc2cccnc2)cc1. The normalized spacial score (nSPS) is 10.1. The number of pyridine rings is 1. The van der Waals surface area contributed by atoms with Crippen molar-refractivity contribution in [2.45, 2.75) is 0 Å². The van der Waals surface area contributed by atoms with Gasteiger partial charge in [-0.15, -0.1) is 0 Å². The third-order valence-electron chi connectivity index (χ3n) is 3.75. The molecule has 0 bridgehead atoms. The molecule has 6 nitrogen and oxygen atoms in total. The highest BCUT2D eigenvalue weighted by molar-refractivity contribution is 6.31. The van der Waals surface area contributed by atoms with Crippen molar-refractivity contribution in [2.24, 2.45) is 0 Å². The molecule has 2 amide bonds. The van der Waals surface area contributed by atoms with E-state index in [0.717, 1.165) is 0 Å². The number of anilines is 2. The highest BCUT2D eigenvalue weighted by Crippen LogP contribution is 2.23. The Kier molecular flexibility index (Phi) is 5.68. The number of carbonyl (C=O) groups excluding carboxylic acids is 2. The lowest BCUT2D eigenvalue weighted by molar-refractivity contribution is 0.102.